The zero-order chi connectivity index (χ0) is 15.2. The number of sulfonamides is 1. The Balaban J connectivity index is 2.49. The Morgan fingerprint density at radius 1 is 1.50 bits per heavy atom. The predicted octanol–water partition coefficient (Wildman–Crippen LogP) is 1.39. The molecule has 1 aromatic heterocycles. The van der Waals surface area contributed by atoms with Crippen molar-refractivity contribution in [2.24, 2.45) is 5.92 Å². The average molecular weight is 304 g/mol. The van der Waals surface area contributed by atoms with Crippen LogP contribution in [0.4, 0.5) is 4.39 Å². The number of pyridine rings is 1. The van der Waals surface area contributed by atoms with Gasteiger partial charge in [-0.05, 0) is 30.9 Å². The first kappa shape index (κ1) is 16.5. The van der Waals surface area contributed by atoms with Gasteiger partial charge in [0.1, 0.15) is 0 Å². The molecule has 0 spiro atoms. The average Bonchev–Trinajstić information content (AvgIpc) is 2.36. The number of carboxylic acids is 1. The van der Waals surface area contributed by atoms with Crippen molar-refractivity contribution in [3.63, 3.8) is 0 Å². The van der Waals surface area contributed by atoms with Crippen molar-refractivity contribution in [2.45, 2.75) is 31.2 Å². The number of hydrogen-bond donors (Lipinski definition) is 2. The summed E-state index contributed by atoms with van der Waals surface area (Å²) in [5.74, 6) is -1.73. The van der Waals surface area contributed by atoms with Gasteiger partial charge in [-0.25, -0.2) is 22.5 Å². The Morgan fingerprint density at radius 2 is 2.20 bits per heavy atom. The van der Waals surface area contributed by atoms with Crippen LogP contribution in [0.5, 0.6) is 0 Å². The van der Waals surface area contributed by atoms with Gasteiger partial charge in [-0.15, -0.1) is 0 Å². The molecule has 0 radical (unpaired) electrons. The van der Waals surface area contributed by atoms with Gasteiger partial charge in [-0.3, -0.25) is 4.79 Å². The van der Waals surface area contributed by atoms with Crippen LogP contribution in [0.2, 0.25) is 0 Å². The summed E-state index contributed by atoms with van der Waals surface area (Å²) in [4.78, 5) is 13.9. The molecule has 0 aliphatic carbocycles. The van der Waals surface area contributed by atoms with Crippen molar-refractivity contribution >= 4 is 16.0 Å². The Bertz CT molecular complexity index is 562. The van der Waals surface area contributed by atoms with Crippen molar-refractivity contribution in [3.05, 3.63) is 24.1 Å². The van der Waals surface area contributed by atoms with Crippen LogP contribution in [0.25, 0.3) is 0 Å². The van der Waals surface area contributed by atoms with Gasteiger partial charge in [0.2, 0.25) is 5.03 Å². The molecular weight excluding hydrogens is 287 g/mol. The summed E-state index contributed by atoms with van der Waals surface area (Å²) in [5, 5.41) is 7.91. The van der Waals surface area contributed by atoms with Crippen molar-refractivity contribution in [1.29, 1.82) is 0 Å². The van der Waals surface area contributed by atoms with Crippen LogP contribution >= 0.6 is 0 Å². The second-order valence-corrected chi connectivity index (χ2v) is 6.20. The molecule has 0 fully saturated rings. The molecule has 1 heterocycles. The number of carboxylic acid groups (broad SMARTS) is 1. The van der Waals surface area contributed by atoms with E-state index in [4.69, 9.17) is 5.11 Å². The van der Waals surface area contributed by atoms with E-state index >= 15 is 0 Å². The number of nitrogens with one attached hydrogen (secondary N) is 1. The fourth-order valence-electron chi connectivity index (χ4n) is 1.59. The minimum absolute atomic E-state index is 0.0444. The van der Waals surface area contributed by atoms with Gasteiger partial charge in [0, 0.05) is 19.2 Å². The number of aliphatic carboxylic acids is 1. The molecule has 0 bridgehead atoms. The van der Waals surface area contributed by atoms with Crippen LogP contribution in [0.15, 0.2) is 23.4 Å². The molecule has 1 unspecified atom stereocenters. The standard InChI is InChI=1S/C12H17FN2O4S/c1-9(4-5-11(16)17)6-8-15-20(18,19)12-10(13)3-2-7-14-12/h2-3,7,9,15H,4-6,8H2,1H3,(H,16,17). The number of carbonyl (C=O) groups is 1. The summed E-state index contributed by atoms with van der Waals surface area (Å²) in [6.45, 7) is 1.94. The van der Waals surface area contributed by atoms with Gasteiger partial charge < -0.3 is 5.11 Å². The van der Waals surface area contributed by atoms with Gasteiger partial charge in [-0.2, -0.15) is 0 Å². The van der Waals surface area contributed by atoms with Crippen LogP contribution in [-0.2, 0) is 14.8 Å². The molecule has 0 aromatic carbocycles. The van der Waals surface area contributed by atoms with Crippen LogP contribution in [-0.4, -0.2) is 31.0 Å². The van der Waals surface area contributed by atoms with Crippen molar-refractivity contribution < 1.29 is 22.7 Å². The maximum absolute atomic E-state index is 13.3. The quantitative estimate of drug-likeness (QED) is 0.756. The zero-order valence-corrected chi connectivity index (χ0v) is 11.9. The Hall–Kier alpha value is -1.54. The molecule has 0 amide bonds. The molecular formula is C12H17FN2O4S. The molecule has 1 atom stereocenters. The maximum Gasteiger partial charge on any atom is 0.303 e. The maximum atomic E-state index is 13.3. The van der Waals surface area contributed by atoms with Gasteiger partial charge in [-0.1, -0.05) is 6.92 Å². The minimum Gasteiger partial charge on any atom is -0.481 e. The van der Waals surface area contributed by atoms with E-state index in [2.05, 4.69) is 9.71 Å². The summed E-state index contributed by atoms with van der Waals surface area (Å²) >= 11 is 0. The van der Waals surface area contributed by atoms with E-state index in [0.29, 0.717) is 12.8 Å². The first-order chi connectivity index (χ1) is 9.33. The molecule has 112 valence electrons. The monoisotopic (exact) mass is 304 g/mol. The summed E-state index contributed by atoms with van der Waals surface area (Å²) < 4.78 is 39.2. The van der Waals surface area contributed by atoms with Crippen molar-refractivity contribution in [3.8, 4) is 0 Å². The molecule has 1 rings (SSSR count). The Labute approximate surface area is 117 Å². The molecule has 6 nitrogen and oxygen atoms in total. The smallest absolute Gasteiger partial charge is 0.303 e. The normalized spacial score (nSPS) is 13.1. The fourth-order valence-corrected chi connectivity index (χ4v) is 2.64. The first-order valence-corrected chi connectivity index (χ1v) is 7.63. The molecule has 0 aliphatic heterocycles. The van der Waals surface area contributed by atoms with E-state index in [1.54, 1.807) is 0 Å². The number of aromatic nitrogens is 1. The SMILES string of the molecule is CC(CCNS(=O)(=O)c1ncccc1F)CCC(=O)O. The lowest BCUT2D eigenvalue weighted by atomic mass is 10.0. The van der Waals surface area contributed by atoms with E-state index in [1.165, 1.54) is 12.3 Å². The highest BCUT2D eigenvalue weighted by molar-refractivity contribution is 7.89. The lowest BCUT2D eigenvalue weighted by Crippen LogP contribution is -2.27. The van der Waals surface area contributed by atoms with Crippen molar-refractivity contribution in [1.82, 2.24) is 9.71 Å². The number of halogens is 1. The molecule has 1 aromatic rings. The van der Waals surface area contributed by atoms with Gasteiger partial charge in [0.15, 0.2) is 5.82 Å². The topological polar surface area (TPSA) is 96.4 Å². The third kappa shape index (κ3) is 5.22. The molecule has 0 saturated heterocycles. The lowest BCUT2D eigenvalue weighted by molar-refractivity contribution is -0.137. The number of hydrogen-bond acceptors (Lipinski definition) is 4. The summed E-state index contributed by atoms with van der Waals surface area (Å²) in [6.07, 6.45) is 2.19. The molecule has 0 saturated carbocycles. The zero-order valence-electron chi connectivity index (χ0n) is 11.0. The third-order valence-corrected chi connectivity index (χ3v) is 4.15. The van der Waals surface area contributed by atoms with Gasteiger partial charge >= 0.3 is 5.97 Å². The van der Waals surface area contributed by atoms with Crippen LogP contribution in [0, 0.1) is 11.7 Å². The van der Waals surface area contributed by atoms with Crippen LogP contribution in [0.1, 0.15) is 26.2 Å². The van der Waals surface area contributed by atoms with Gasteiger partial charge in [0.25, 0.3) is 10.0 Å². The van der Waals surface area contributed by atoms with Crippen molar-refractivity contribution in [2.75, 3.05) is 6.54 Å². The predicted molar refractivity (Wildman–Crippen MR) is 70.0 cm³/mol. The second kappa shape index (κ2) is 7.30. The van der Waals surface area contributed by atoms with Crippen LogP contribution in [0.3, 0.4) is 0 Å². The minimum atomic E-state index is -3.97. The lowest BCUT2D eigenvalue weighted by Gasteiger charge is -2.11. The second-order valence-electron chi connectivity index (χ2n) is 4.51. The van der Waals surface area contributed by atoms with E-state index in [9.17, 15) is 17.6 Å². The van der Waals surface area contributed by atoms with Gasteiger partial charge in [0.05, 0.1) is 0 Å². The summed E-state index contributed by atoms with van der Waals surface area (Å²) in [6, 6.07) is 2.33. The number of nitrogens with zero attached hydrogens (tertiary/aromatic N) is 1. The highest BCUT2D eigenvalue weighted by Crippen LogP contribution is 2.12. The van der Waals surface area contributed by atoms with E-state index in [0.717, 1.165) is 6.07 Å². The molecule has 20 heavy (non-hydrogen) atoms. The van der Waals surface area contributed by atoms with E-state index < -0.39 is 26.8 Å². The first-order valence-electron chi connectivity index (χ1n) is 6.15. The largest absolute Gasteiger partial charge is 0.481 e. The fraction of sp³-hybridized carbons (Fsp3) is 0.500. The molecule has 8 heteroatoms. The van der Waals surface area contributed by atoms with E-state index in [1.807, 2.05) is 6.92 Å². The third-order valence-electron chi connectivity index (χ3n) is 2.76. The number of rotatable bonds is 8. The highest BCUT2D eigenvalue weighted by Gasteiger charge is 2.20. The Morgan fingerprint density at radius 3 is 2.80 bits per heavy atom. The van der Waals surface area contributed by atoms with E-state index in [-0.39, 0.29) is 18.9 Å². The highest BCUT2D eigenvalue weighted by atomic mass is 32.2. The summed E-state index contributed by atoms with van der Waals surface area (Å²) in [7, 11) is -3.97. The Kier molecular flexibility index (Phi) is 6.03. The summed E-state index contributed by atoms with van der Waals surface area (Å²) in [5.41, 5.74) is 0. The van der Waals surface area contributed by atoms with Crippen LogP contribution < -0.4 is 4.72 Å². The molecule has 0 aliphatic rings. The molecule has 2 N–H and O–H groups in total.